The molecule has 1 atom stereocenters. The van der Waals surface area contributed by atoms with Crippen molar-refractivity contribution < 1.29 is 14.3 Å². The first kappa shape index (κ1) is 14.8. The number of ketones is 1. The smallest absolute Gasteiger partial charge is 0.323 e. The predicted molar refractivity (Wildman–Crippen MR) is 73.3 cm³/mol. The fraction of sp³-hybridized carbons (Fsp3) is 0.400. The number of thiophene rings is 1. The van der Waals surface area contributed by atoms with Gasteiger partial charge < -0.3 is 10.5 Å². The van der Waals surface area contributed by atoms with Gasteiger partial charge in [-0.1, -0.05) is 0 Å². The third-order valence-corrected chi connectivity index (χ3v) is 4.29. The van der Waals surface area contributed by atoms with Crippen molar-refractivity contribution in [1.82, 2.24) is 0 Å². The summed E-state index contributed by atoms with van der Waals surface area (Å²) in [6.07, 6.45) is -0.0550. The molecular weight excluding hydrogens is 374 g/mol. The van der Waals surface area contributed by atoms with Crippen molar-refractivity contribution in [3.63, 3.8) is 0 Å². The van der Waals surface area contributed by atoms with Gasteiger partial charge >= 0.3 is 5.97 Å². The van der Waals surface area contributed by atoms with Crippen LogP contribution in [0.4, 0.5) is 0 Å². The zero-order chi connectivity index (χ0) is 13.0. The van der Waals surface area contributed by atoms with Crippen LogP contribution in [0.15, 0.2) is 13.6 Å². The molecular formula is C10H11Br2NO3S. The summed E-state index contributed by atoms with van der Waals surface area (Å²) >= 11 is 7.97. The van der Waals surface area contributed by atoms with E-state index in [4.69, 9.17) is 10.5 Å². The lowest BCUT2D eigenvalue weighted by Gasteiger charge is -2.09. The molecule has 0 aliphatic heterocycles. The number of carbonyl (C=O) groups excluding carboxylic acids is 2. The molecule has 0 aliphatic rings. The molecule has 1 unspecified atom stereocenters. The maximum atomic E-state index is 11.9. The second-order valence-electron chi connectivity index (χ2n) is 3.22. The molecule has 0 aliphatic carbocycles. The minimum Gasteiger partial charge on any atom is -0.465 e. The van der Waals surface area contributed by atoms with Crippen LogP contribution in [0.3, 0.4) is 0 Å². The van der Waals surface area contributed by atoms with Crippen LogP contribution in [0.1, 0.15) is 23.7 Å². The zero-order valence-electron chi connectivity index (χ0n) is 9.04. The lowest BCUT2D eigenvalue weighted by molar-refractivity contribution is -0.144. The Hall–Kier alpha value is -0.240. The summed E-state index contributed by atoms with van der Waals surface area (Å²) in [5.41, 5.74) is 6.11. The molecule has 1 aromatic rings. The molecule has 1 heterocycles. The van der Waals surface area contributed by atoms with E-state index in [0.29, 0.717) is 5.56 Å². The van der Waals surface area contributed by atoms with Crippen molar-refractivity contribution in [3.05, 3.63) is 19.2 Å². The highest BCUT2D eigenvalue weighted by molar-refractivity contribution is 9.12. The first-order chi connectivity index (χ1) is 7.95. The third kappa shape index (κ3) is 4.17. The summed E-state index contributed by atoms with van der Waals surface area (Å²) in [4.78, 5) is 23.1. The van der Waals surface area contributed by atoms with Crippen molar-refractivity contribution in [1.29, 1.82) is 0 Å². The molecule has 94 valence electrons. The van der Waals surface area contributed by atoms with Crippen molar-refractivity contribution in [2.45, 2.75) is 19.4 Å². The Bertz CT molecular complexity index is 433. The van der Waals surface area contributed by atoms with E-state index in [-0.39, 0.29) is 18.8 Å². The minimum absolute atomic E-state index is 0.0550. The molecule has 0 aromatic carbocycles. The lowest BCUT2D eigenvalue weighted by atomic mass is 10.1. The van der Waals surface area contributed by atoms with Gasteiger partial charge in [0.2, 0.25) is 0 Å². The molecule has 0 saturated heterocycles. The Morgan fingerprint density at radius 1 is 1.53 bits per heavy atom. The summed E-state index contributed by atoms with van der Waals surface area (Å²) in [6.45, 7) is 1.95. The first-order valence-corrected chi connectivity index (χ1v) is 7.26. The van der Waals surface area contributed by atoms with Gasteiger partial charge in [-0.3, -0.25) is 9.59 Å². The molecule has 0 bridgehead atoms. The highest BCUT2D eigenvalue weighted by Gasteiger charge is 2.22. The number of rotatable bonds is 5. The molecule has 0 fully saturated rings. The number of hydrogen-bond donors (Lipinski definition) is 1. The van der Waals surface area contributed by atoms with Crippen molar-refractivity contribution in [2.75, 3.05) is 6.61 Å². The molecule has 4 nitrogen and oxygen atoms in total. The molecule has 0 spiro atoms. The molecule has 0 saturated carbocycles. The number of Topliss-reactive ketones (excluding diaryl/α,β-unsaturated/α-hetero) is 1. The molecule has 2 N–H and O–H groups in total. The van der Waals surface area contributed by atoms with Gasteiger partial charge in [-0.25, -0.2) is 0 Å². The Morgan fingerprint density at radius 3 is 2.65 bits per heavy atom. The van der Waals surface area contributed by atoms with Crippen LogP contribution in [-0.2, 0) is 9.53 Å². The normalized spacial score (nSPS) is 12.2. The topological polar surface area (TPSA) is 69.4 Å². The van der Waals surface area contributed by atoms with E-state index in [2.05, 4.69) is 31.9 Å². The van der Waals surface area contributed by atoms with Gasteiger partial charge in [0, 0.05) is 12.0 Å². The van der Waals surface area contributed by atoms with Gasteiger partial charge in [-0.05, 0) is 44.8 Å². The Kier molecular flexibility index (Phi) is 5.78. The second kappa shape index (κ2) is 6.63. The number of hydrogen-bond acceptors (Lipinski definition) is 5. The largest absolute Gasteiger partial charge is 0.465 e. The monoisotopic (exact) mass is 383 g/mol. The van der Waals surface area contributed by atoms with E-state index >= 15 is 0 Å². The van der Waals surface area contributed by atoms with Gasteiger partial charge in [0.1, 0.15) is 6.04 Å². The first-order valence-electron chi connectivity index (χ1n) is 4.86. The maximum absolute atomic E-state index is 11.9. The molecule has 0 radical (unpaired) electrons. The van der Waals surface area contributed by atoms with Gasteiger partial charge in [-0.15, -0.1) is 11.3 Å². The van der Waals surface area contributed by atoms with Crippen LogP contribution in [0, 0.1) is 0 Å². The summed E-state index contributed by atoms with van der Waals surface area (Å²) < 4.78 is 6.31. The van der Waals surface area contributed by atoms with E-state index in [9.17, 15) is 9.59 Å². The molecule has 7 heteroatoms. The molecule has 17 heavy (non-hydrogen) atoms. The third-order valence-electron chi connectivity index (χ3n) is 1.95. The van der Waals surface area contributed by atoms with E-state index in [1.165, 1.54) is 11.3 Å². The number of nitrogens with two attached hydrogens (primary N) is 1. The fourth-order valence-corrected chi connectivity index (χ4v) is 4.03. The van der Waals surface area contributed by atoms with Gasteiger partial charge in [0.25, 0.3) is 0 Å². The summed E-state index contributed by atoms with van der Waals surface area (Å²) in [5, 5.41) is 0. The summed E-state index contributed by atoms with van der Waals surface area (Å²) in [5.74, 6) is -0.731. The lowest BCUT2D eigenvalue weighted by Crippen LogP contribution is -2.34. The van der Waals surface area contributed by atoms with E-state index in [1.54, 1.807) is 13.0 Å². The van der Waals surface area contributed by atoms with Crippen LogP contribution in [-0.4, -0.2) is 24.4 Å². The zero-order valence-corrected chi connectivity index (χ0v) is 13.0. The molecule has 1 rings (SSSR count). The number of esters is 1. The average molecular weight is 385 g/mol. The molecule has 1 aromatic heterocycles. The second-order valence-corrected chi connectivity index (χ2v) is 6.97. The van der Waals surface area contributed by atoms with Crippen LogP contribution < -0.4 is 5.73 Å². The Morgan fingerprint density at radius 2 is 2.18 bits per heavy atom. The number of carbonyl (C=O) groups is 2. The SMILES string of the molecule is CCOC(=O)C(N)CC(=O)c1cc(Br)sc1Br. The van der Waals surface area contributed by atoms with Crippen LogP contribution in [0.2, 0.25) is 0 Å². The summed E-state index contributed by atoms with van der Waals surface area (Å²) in [7, 11) is 0. The van der Waals surface area contributed by atoms with Crippen molar-refractivity contribution in [2.24, 2.45) is 5.73 Å². The fourth-order valence-electron chi connectivity index (χ4n) is 1.17. The highest BCUT2D eigenvalue weighted by Crippen LogP contribution is 2.32. The van der Waals surface area contributed by atoms with Crippen molar-refractivity contribution in [3.8, 4) is 0 Å². The van der Waals surface area contributed by atoms with Crippen molar-refractivity contribution >= 4 is 54.9 Å². The van der Waals surface area contributed by atoms with E-state index in [0.717, 1.165) is 7.57 Å². The number of ether oxygens (including phenoxy) is 1. The number of halogens is 2. The molecule has 0 amide bonds. The van der Waals surface area contributed by atoms with Gasteiger partial charge in [0.05, 0.1) is 14.2 Å². The summed E-state index contributed by atoms with van der Waals surface area (Å²) in [6, 6.07) is 0.794. The highest BCUT2D eigenvalue weighted by atomic mass is 79.9. The Balaban J connectivity index is 2.66. The Labute approximate surface area is 120 Å². The van der Waals surface area contributed by atoms with Crippen LogP contribution in [0.25, 0.3) is 0 Å². The maximum Gasteiger partial charge on any atom is 0.323 e. The predicted octanol–water partition coefficient (Wildman–Crippen LogP) is 2.74. The van der Waals surface area contributed by atoms with Crippen LogP contribution >= 0.6 is 43.2 Å². The minimum atomic E-state index is -0.909. The van der Waals surface area contributed by atoms with E-state index in [1.807, 2.05) is 0 Å². The average Bonchev–Trinajstić information content (AvgIpc) is 2.58. The van der Waals surface area contributed by atoms with Crippen LogP contribution in [0.5, 0.6) is 0 Å². The van der Waals surface area contributed by atoms with Gasteiger partial charge in [0.15, 0.2) is 5.78 Å². The quantitative estimate of drug-likeness (QED) is 0.625. The van der Waals surface area contributed by atoms with E-state index < -0.39 is 12.0 Å². The standard InChI is InChI=1S/C10H11Br2NO3S/c1-2-16-10(15)6(13)4-7(14)5-3-8(11)17-9(5)12/h3,6H,2,4,13H2,1H3. The van der Waals surface area contributed by atoms with Gasteiger partial charge in [-0.2, -0.15) is 0 Å².